The highest BCUT2D eigenvalue weighted by Gasteiger charge is 2.13. The number of ether oxygens (including phenoxy) is 1. The van der Waals surface area contributed by atoms with Gasteiger partial charge in [0.1, 0.15) is 12.3 Å². The Labute approximate surface area is 133 Å². The highest BCUT2D eigenvalue weighted by atomic mass is 35.5. The van der Waals surface area contributed by atoms with Crippen molar-refractivity contribution in [2.45, 2.75) is 13.3 Å². The molecular formula is C15H17ClN2O4. The van der Waals surface area contributed by atoms with Crippen LogP contribution >= 0.6 is 11.6 Å². The number of nitrogens with one attached hydrogen (secondary N) is 1. The number of hydrogen-bond donors (Lipinski definition) is 2. The monoisotopic (exact) mass is 324 g/mol. The third-order valence-corrected chi connectivity index (χ3v) is 3.04. The summed E-state index contributed by atoms with van der Waals surface area (Å²) < 4.78 is 4.41. The minimum atomic E-state index is -0.666. The molecule has 0 spiro atoms. The number of halogens is 1. The molecule has 22 heavy (non-hydrogen) atoms. The first-order valence-electron chi connectivity index (χ1n) is 6.46. The SMILES string of the molecule is COC(=O)CNC(=O)/C(N=CCc1ccccc1Cl)=C(/C)O. The minimum Gasteiger partial charge on any atom is -0.510 e. The summed E-state index contributed by atoms with van der Waals surface area (Å²) in [5.74, 6) is -1.51. The van der Waals surface area contributed by atoms with Gasteiger partial charge in [0.25, 0.3) is 5.91 Å². The summed E-state index contributed by atoms with van der Waals surface area (Å²) in [6.45, 7) is 1.03. The Bertz CT molecular complexity index is 607. The standard InChI is InChI=1S/C15H17ClN2O4/c1-10(19)14(15(21)18-9-13(20)22-2)17-8-7-11-5-3-4-6-12(11)16/h3-6,8,19H,7,9H2,1-2H3,(H,18,21)/b14-10+,17-8?. The van der Waals surface area contributed by atoms with E-state index in [0.29, 0.717) is 11.4 Å². The van der Waals surface area contributed by atoms with Gasteiger partial charge in [0, 0.05) is 17.7 Å². The number of esters is 1. The van der Waals surface area contributed by atoms with Gasteiger partial charge in [0.05, 0.1) is 7.11 Å². The Balaban J connectivity index is 2.71. The number of aliphatic hydroxyl groups excluding tert-OH is 1. The van der Waals surface area contributed by atoms with Crippen LogP contribution < -0.4 is 5.32 Å². The smallest absolute Gasteiger partial charge is 0.325 e. The Kier molecular flexibility index (Phi) is 7.12. The highest BCUT2D eigenvalue weighted by Crippen LogP contribution is 2.14. The van der Waals surface area contributed by atoms with Crippen LogP contribution in [0.1, 0.15) is 12.5 Å². The van der Waals surface area contributed by atoms with E-state index in [4.69, 9.17) is 11.6 Å². The van der Waals surface area contributed by atoms with Crippen molar-refractivity contribution in [3.63, 3.8) is 0 Å². The maximum atomic E-state index is 11.8. The molecule has 0 atom stereocenters. The van der Waals surface area contributed by atoms with E-state index < -0.39 is 11.9 Å². The average Bonchev–Trinajstić information content (AvgIpc) is 2.50. The van der Waals surface area contributed by atoms with Crippen LogP contribution in [0.4, 0.5) is 0 Å². The second-order valence-electron chi connectivity index (χ2n) is 4.30. The van der Waals surface area contributed by atoms with Crippen LogP contribution in [0.2, 0.25) is 5.02 Å². The van der Waals surface area contributed by atoms with Gasteiger partial charge in [-0.25, -0.2) is 0 Å². The second-order valence-corrected chi connectivity index (χ2v) is 4.71. The number of amides is 1. The van der Waals surface area contributed by atoms with E-state index in [-0.39, 0.29) is 18.0 Å². The largest absolute Gasteiger partial charge is 0.510 e. The van der Waals surface area contributed by atoms with Crippen LogP contribution in [0.3, 0.4) is 0 Å². The second kappa shape index (κ2) is 8.84. The Morgan fingerprint density at radius 3 is 2.68 bits per heavy atom. The molecule has 0 unspecified atom stereocenters. The molecule has 0 aliphatic heterocycles. The molecule has 1 rings (SSSR count). The number of aliphatic hydroxyl groups is 1. The fourth-order valence-corrected chi connectivity index (χ4v) is 1.74. The summed E-state index contributed by atoms with van der Waals surface area (Å²) in [7, 11) is 1.21. The molecule has 0 heterocycles. The number of hydrogen-bond acceptors (Lipinski definition) is 5. The molecule has 7 heteroatoms. The van der Waals surface area contributed by atoms with E-state index in [1.54, 1.807) is 6.07 Å². The molecule has 118 valence electrons. The number of aliphatic imine (C=N–C) groups is 1. The maximum absolute atomic E-state index is 11.8. The zero-order valence-electron chi connectivity index (χ0n) is 12.3. The van der Waals surface area contributed by atoms with Crippen molar-refractivity contribution in [3.8, 4) is 0 Å². The topological polar surface area (TPSA) is 88.0 Å². The van der Waals surface area contributed by atoms with Gasteiger partial charge in [-0.2, -0.15) is 0 Å². The van der Waals surface area contributed by atoms with Gasteiger partial charge in [-0.05, 0) is 18.6 Å². The third-order valence-electron chi connectivity index (χ3n) is 2.67. The quantitative estimate of drug-likeness (QED) is 0.363. The summed E-state index contributed by atoms with van der Waals surface area (Å²) in [6.07, 6.45) is 1.87. The van der Waals surface area contributed by atoms with Crippen LogP contribution in [-0.2, 0) is 20.7 Å². The lowest BCUT2D eigenvalue weighted by atomic mass is 10.2. The molecule has 1 aromatic carbocycles. The van der Waals surface area contributed by atoms with Crippen molar-refractivity contribution in [1.29, 1.82) is 0 Å². The fraction of sp³-hybridized carbons (Fsp3) is 0.267. The molecule has 2 N–H and O–H groups in total. The first kappa shape index (κ1) is 17.7. The van der Waals surface area contributed by atoms with Crippen molar-refractivity contribution in [2.75, 3.05) is 13.7 Å². The zero-order valence-corrected chi connectivity index (χ0v) is 13.1. The predicted molar refractivity (Wildman–Crippen MR) is 84.0 cm³/mol. The number of carbonyl (C=O) groups is 2. The zero-order chi connectivity index (χ0) is 16.5. The molecule has 0 radical (unpaired) electrons. The van der Waals surface area contributed by atoms with Gasteiger partial charge in [-0.3, -0.25) is 14.6 Å². The lowest BCUT2D eigenvalue weighted by Crippen LogP contribution is -2.31. The van der Waals surface area contributed by atoms with E-state index in [1.165, 1.54) is 20.2 Å². The van der Waals surface area contributed by atoms with Gasteiger partial charge in [0.2, 0.25) is 0 Å². The van der Waals surface area contributed by atoms with Gasteiger partial charge in [0.15, 0.2) is 5.70 Å². The number of benzene rings is 1. The van der Waals surface area contributed by atoms with Gasteiger partial charge in [-0.1, -0.05) is 29.8 Å². The number of nitrogens with zero attached hydrogens (tertiary/aromatic N) is 1. The first-order valence-corrected chi connectivity index (χ1v) is 6.84. The van der Waals surface area contributed by atoms with Crippen molar-refractivity contribution < 1.29 is 19.4 Å². The molecule has 0 bridgehead atoms. The van der Waals surface area contributed by atoms with Gasteiger partial charge < -0.3 is 15.2 Å². The molecule has 0 fully saturated rings. The van der Waals surface area contributed by atoms with Crippen molar-refractivity contribution in [3.05, 3.63) is 46.3 Å². The van der Waals surface area contributed by atoms with E-state index in [2.05, 4.69) is 15.0 Å². The van der Waals surface area contributed by atoms with E-state index >= 15 is 0 Å². The van der Waals surface area contributed by atoms with E-state index in [0.717, 1.165) is 5.56 Å². The molecule has 0 aromatic heterocycles. The summed E-state index contributed by atoms with van der Waals surface area (Å²) in [5, 5.41) is 12.4. The molecule has 0 saturated carbocycles. The predicted octanol–water partition coefficient (Wildman–Crippen LogP) is 2.03. The van der Waals surface area contributed by atoms with Crippen LogP contribution in [0.5, 0.6) is 0 Å². The normalized spacial score (nSPS) is 12.0. The van der Waals surface area contributed by atoms with Crippen LogP contribution in [0.15, 0.2) is 40.7 Å². The lowest BCUT2D eigenvalue weighted by molar-refractivity contribution is -0.140. The Morgan fingerprint density at radius 2 is 2.09 bits per heavy atom. The van der Waals surface area contributed by atoms with E-state index in [1.807, 2.05) is 18.2 Å². The van der Waals surface area contributed by atoms with Crippen LogP contribution in [0, 0.1) is 0 Å². The molecule has 6 nitrogen and oxygen atoms in total. The molecule has 0 aliphatic carbocycles. The van der Waals surface area contributed by atoms with Crippen molar-refractivity contribution >= 4 is 29.7 Å². The summed E-state index contributed by atoms with van der Waals surface area (Å²) in [6, 6.07) is 7.24. The molecule has 0 aliphatic rings. The van der Waals surface area contributed by atoms with Crippen molar-refractivity contribution in [1.82, 2.24) is 5.32 Å². The number of carbonyl (C=O) groups excluding carboxylic acids is 2. The Morgan fingerprint density at radius 1 is 1.41 bits per heavy atom. The van der Waals surface area contributed by atoms with Gasteiger partial charge >= 0.3 is 5.97 Å². The summed E-state index contributed by atoms with van der Waals surface area (Å²) in [5.41, 5.74) is 0.675. The van der Waals surface area contributed by atoms with Gasteiger partial charge in [-0.15, -0.1) is 0 Å². The van der Waals surface area contributed by atoms with Crippen LogP contribution in [-0.4, -0.2) is 36.9 Å². The average molecular weight is 325 g/mol. The molecule has 1 amide bonds. The number of rotatable bonds is 6. The molecule has 0 saturated heterocycles. The minimum absolute atomic E-state index is 0.170. The van der Waals surface area contributed by atoms with Crippen LogP contribution in [0.25, 0.3) is 0 Å². The summed E-state index contributed by atoms with van der Waals surface area (Å²) >= 11 is 6.01. The lowest BCUT2D eigenvalue weighted by Gasteiger charge is -2.05. The number of methoxy groups -OCH3 is 1. The molecule has 1 aromatic rings. The fourth-order valence-electron chi connectivity index (χ4n) is 1.52. The molecular weight excluding hydrogens is 308 g/mol. The maximum Gasteiger partial charge on any atom is 0.325 e. The van der Waals surface area contributed by atoms with Crippen molar-refractivity contribution in [2.24, 2.45) is 4.99 Å². The highest BCUT2D eigenvalue weighted by molar-refractivity contribution is 6.31. The van der Waals surface area contributed by atoms with E-state index in [9.17, 15) is 14.7 Å². The summed E-state index contributed by atoms with van der Waals surface area (Å²) in [4.78, 5) is 26.8. The first-order chi connectivity index (χ1) is 10.5. The Hall–Kier alpha value is -2.34. The number of allylic oxidation sites excluding steroid dienone is 1. The third kappa shape index (κ3) is 5.57.